The molecule has 35 heavy (non-hydrogen) atoms. The minimum Gasteiger partial charge on any atom is -0.493 e. The number of halogens is 1. The highest BCUT2D eigenvalue weighted by Gasteiger charge is 2.40. The topological polar surface area (TPSA) is 49.9 Å². The van der Waals surface area contributed by atoms with Crippen molar-refractivity contribution in [3.8, 4) is 5.75 Å². The Morgan fingerprint density at radius 2 is 1.86 bits per heavy atom. The largest absolute Gasteiger partial charge is 0.493 e. The van der Waals surface area contributed by atoms with E-state index in [1.54, 1.807) is 28.4 Å². The summed E-state index contributed by atoms with van der Waals surface area (Å²) in [6.45, 7) is 2.13. The molecule has 0 bridgehead atoms. The quantitative estimate of drug-likeness (QED) is 0.372. The molecule has 0 unspecified atom stereocenters. The van der Waals surface area contributed by atoms with Crippen LogP contribution in [0.3, 0.4) is 0 Å². The van der Waals surface area contributed by atoms with Crippen LogP contribution in [0.1, 0.15) is 29.7 Å². The van der Waals surface area contributed by atoms with Crippen molar-refractivity contribution < 1.29 is 14.3 Å². The lowest BCUT2D eigenvalue weighted by atomic mass is 9.77. The van der Waals surface area contributed by atoms with Crippen LogP contribution in [0.5, 0.6) is 5.75 Å². The Labute approximate surface area is 216 Å². The zero-order valence-corrected chi connectivity index (χ0v) is 21.6. The van der Waals surface area contributed by atoms with Gasteiger partial charge in [0.1, 0.15) is 5.75 Å². The van der Waals surface area contributed by atoms with Gasteiger partial charge in [0, 0.05) is 48.4 Å². The first-order valence-electron chi connectivity index (χ1n) is 11.9. The normalized spacial score (nSPS) is 17.7. The van der Waals surface area contributed by atoms with Gasteiger partial charge < -0.3 is 14.5 Å². The molecule has 184 valence electrons. The summed E-state index contributed by atoms with van der Waals surface area (Å²) in [5, 5.41) is 2.64. The third-order valence-corrected chi connectivity index (χ3v) is 7.62. The third kappa shape index (κ3) is 7.09. The molecule has 1 fully saturated rings. The van der Waals surface area contributed by atoms with Crippen molar-refractivity contribution in [2.75, 3.05) is 26.7 Å². The summed E-state index contributed by atoms with van der Waals surface area (Å²) in [5.41, 5.74) is 0.636. The molecule has 2 aromatic carbocycles. The summed E-state index contributed by atoms with van der Waals surface area (Å²) >= 11 is 7.62. The van der Waals surface area contributed by atoms with Crippen LogP contribution in [-0.2, 0) is 22.6 Å². The van der Waals surface area contributed by atoms with Gasteiger partial charge >= 0.3 is 0 Å². The number of rotatable bonds is 9. The van der Waals surface area contributed by atoms with Crippen molar-refractivity contribution in [2.24, 2.45) is 5.41 Å². The summed E-state index contributed by atoms with van der Waals surface area (Å²) in [6, 6.07) is 21.2. The molecule has 1 aromatic heterocycles. The molecule has 0 N–H and O–H groups in total. The molecule has 0 saturated carbocycles. The van der Waals surface area contributed by atoms with Crippen molar-refractivity contribution in [1.82, 2.24) is 9.80 Å². The highest BCUT2D eigenvalue weighted by atomic mass is 35.5. The first-order valence-corrected chi connectivity index (χ1v) is 13.1. The van der Waals surface area contributed by atoms with Gasteiger partial charge in [0.15, 0.2) is 0 Å². The number of benzene rings is 2. The fourth-order valence-corrected chi connectivity index (χ4v) is 5.40. The maximum Gasteiger partial charge on any atom is 0.227 e. The van der Waals surface area contributed by atoms with E-state index in [9.17, 15) is 9.59 Å². The number of ether oxygens (including phenoxy) is 1. The second-order valence-electron chi connectivity index (χ2n) is 9.33. The Hall–Kier alpha value is -2.83. The predicted molar refractivity (Wildman–Crippen MR) is 141 cm³/mol. The van der Waals surface area contributed by atoms with E-state index < -0.39 is 5.41 Å². The average Bonchev–Trinajstić information content (AvgIpc) is 3.37. The predicted octanol–water partition coefficient (Wildman–Crippen LogP) is 5.68. The van der Waals surface area contributed by atoms with Crippen LogP contribution in [0.4, 0.5) is 0 Å². The average molecular weight is 511 g/mol. The molecule has 3 aromatic rings. The first kappa shape index (κ1) is 25.3. The van der Waals surface area contributed by atoms with Gasteiger partial charge in [-0.3, -0.25) is 9.59 Å². The van der Waals surface area contributed by atoms with Crippen molar-refractivity contribution in [2.45, 2.75) is 32.2 Å². The number of hydrogen-bond acceptors (Lipinski definition) is 4. The van der Waals surface area contributed by atoms with Crippen molar-refractivity contribution >= 4 is 34.8 Å². The molecule has 1 atom stereocenters. The van der Waals surface area contributed by atoms with Crippen LogP contribution in [-0.4, -0.2) is 48.4 Å². The van der Waals surface area contributed by atoms with Crippen LogP contribution in [0.25, 0.3) is 0 Å². The molecule has 1 saturated heterocycles. The number of carbonyl (C=O) groups excluding carboxylic acids is 2. The number of amides is 2. The van der Waals surface area contributed by atoms with Crippen LogP contribution in [0.15, 0.2) is 72.1 Å². The van der Waals surface area contributed by atoms with Crippen molar-refractivity contribution in [1.29, 1.82) is 0 Å². The second kappa shape index (κ2) is 11.7. The number of carbonyl (C=O) groups is 2. The molecule has 2 heterocycles. The molecular weight excluding hydrogens is 480 g/mol. The molecule has 7 heteroatoms. The van der Waals surface area contributed by atoms with E-state index in [-0.39, 0.29) is 11.8 Å². The fourth-order valence-electron chi connectivity index (χ4n) is 4.58. The van der Waals surface area contributed by atoms with E-state index in [0.29, 0.717) is 49.9 Å². The van der Waals surface area contributed by atoms with E-state index >= 15 is 0 Å². The Morgan fingerprint density at radius 3 is 2.57 bits per heavy atom. The SMILES string of the molecule is CN(Cc1ccccc1)C(=O)C[C@]1(COc2ccc(Cl)cc2)CCCN(C(=O)Cc2cccs2)C1. The van der Waals surface area contributed by atoms with Crippen LogP contribution in [0, 0.1) is 5.41 Å². The third-order valence-electron chi connectivity index (χ3n) is 6.49. The van der Waals surface area contributed by atoms with Gasteiger partial charge in [0.2, 0.25) is 11.8 Å². The lowest BCUT2D eigenvalue weighted by molar-refractivity contribution is -0.140. The number of thiophene rings is 1. The summed E-state index contributed by atoms with van der Waals surface area (Å²) in [7, 11) is 1.84. The van der Waals surface area contributed by atoms with Gasteiger partial charge in [0.05, 0.1) is 13.0 Å². The molecule has 4 rings (SSSR count). The summed E-state index contributed by atoms with van der Waals surface area (Å²) in [6.07, 6.45) is 2.39. The molecule has 0 aliphatic carbocycles. The molecule has 1 aliphatic rings. The molecule has 1 aliphatic heterocycles. The Morgan fingerprint density at radius 1 is 1.09 bits per heavy atom. The molecule has 2 amide bonds. The van der Waals surface area contributed by atoms with Crippen LogP contribution >= 0.6 is 22.9 Å². The number of nitrogens with zero attached hydrogens (tertiary/aromatic N) is 2. The first-order chi connectivity index (χ1) is 16.9. The van der Waals surface area contributed by atoms with Gasteiger partial charge in [-0.2, -0.15) is 0 Å². The maximum absolute atomic E-state index is 13.4. The maximum atomic E-state index is 13.4. The smallest absolute Gasteiger partial charge is 0.227 e. The van der Waals surface area contributed by atoms with Gasteiger partial charge in [0.25, 0.3) is 0 Å². The molecule has 0 radical (unpaired) electrons. The van der Waals surface area contributed by atoms with E-state index in [1.807, 2.05) is 71.9 Å². The highest BCUT2D eigenvalue weighted by Crippen LogP contribution is 2.36. The zero-order valence-electron chi connectivity index (χ0n) is 20.0. The van der Waals surface area contributed by atoms with E-state index in [4.69, 9.17) is 16.3 Å². The van der Waals surface area contributed by atoms with Crippen molar-refractivity contribution in [3.05, 3.63) is 87.6 Å². The lowest BCUT2D eigenvalue weighted by Gasteiger charge is -2.43. The van der Waals surface area contributed by atoms with Crippen LogP contribution in [0.2, 0.25) is 5.02 Å². The fraction of sp³-hybridized carbons (Fsp3) is 0.357. The van der Waals surface area contributed by atoms with Gasteiger partial charge in [-0.1, -0.05) is 48.0 Å². The minimum absolute atomic E-state index is 0.0566. The highest BCUT2D eigenvalue weighted by molar-refractivity contribution is 7.10. The van der Waals surface area contributed by atoms with Crippen LogP contribution < -0.4 is 4.74 Å². The molecular formula is C28H31ClN2O3S. The summed E-state index contributed by atoms with van der Waals surface area (Å²) in [5.74, 6) is 0.870. The Bertz CT molecular complexity index is 1110. The monoisotopic (exact) mass is 510 g/mol. The Balaban J connectivity index is 1.48. The zero-order chi connectivity index (χ0) is 24.7. The Kier molecular flexibility index (Phi) is 8.47. The van der Waals surface area contributed by atoms with Gasteiger partial charge in [-0.05, 0) is 54.1 Å². The van der Waals surface area contributed by atoms with E-state index in [0.717, 1.165) is 23.3 Å². The standard InChI is InChI=1S/C28H31ClN2O3S/c1-30(19-22-7-3-2-4-8-22)27(33)18-28(21-34-24-12-10-23(29)11-13-24)14-6-15-31(20-28)26(32)17-25-9-5-16-35-25/h2-5,7-13,16H,6,14-15,17-21H2,1H3/t28-/m1/s1. The number of likely N-dealkylation sites (tertiary alicyclic amines) is 1. The van der Waals surface area contributed by atoms with E-state index in [1.165, 1.54) is 0 Å². The second-order valence-corrected chi connectivity index (χ2v) is 10.8. The van der Waals surface area contributed by atoms with E-state index in [2.05, 4.69) is 0 Å². The molecule has 5 nitrogen and oxygen atoms in total. The lowest BCUT2D eigenvalue weighted by Crippen LogP contribution is -2.51. The molecule has 0 spiro atoms. The summed E-state index contributed by atoms with van der Waals surface area (Å²) in [4.78, 5) is 31.2. The van der Waals surface area contributed by atoms with Crippen molar-refractivity contribution in [3.63, 3.8) is 0 Å². The number of piperidine rings is 1. The number of hydrogen-bond donors (Lipinski definition) is 0. The summed E-state index contributed by atoms with van der Waals surface area (Å²) < 4.78 is 6.17. The van der Waals surface area contributed by atoms with Gasteiger partial charge in [-0.25, -0.2) is 0 Å². The van der Waals surface area contributed by atoms with Gasteiger partial charge in [-0.15, -0.1) is 11.3 Å². The minimum atomic E-state index is -0.453.